The zero-order valence-electron chi connectivity index (χ0n) is 6.99. The lowest BCUT2D eigenvalue weighted by Gasteiger charge is -1.95. The molecule has 0 spiro atoms. The van der Waals surface area contributed by atoms with Crippen LogP contribution in [0.15, 0.2) is 22.9 Å². The fourth-order valence-corrected chi connectivity index (χ4v) is 1.91. The van der Waals surface area contributed by atoms with Crippen molar-refractivity contribution in [3.05, 3.63) is 28.5 Å². The highest BCUT2D eigenvalue weighted by Gasteiger charge is 2.09. The number of nitrogens with zero attached hydrogens (tertiary/aromatic N) is 2. The minimum Gasteiger partial charge on any atom is -0.335 e. The first-order valence-corrected chi connectivity index (χ1v) is 4.58. The van der Waals surface area contributed by atoms with Crippen molar-refractivity contribution in [2.24, 2.45) is 7.05 Å². The fourth-order valence-electron chi connectivity index (χ4n) is 1.39. The van der Waals surface area contributed by atoms with Crippen LogP contribution in [0.2, 0.25) is 0 Å². The molecular formula is C10H11BrN2O. The van der Waals surface area contributed by atoms with Gasteiger partial charge in [-0.25, -0.2) is 4.98 Å². The summed E-state index contributed by atoms with van der Waals surface area (Å²) in [4.78, 5) is 14.9. The predicted octanol–water partition coefficient (Wildman–Crippen LogP) is 2.78. The summed E-state index contributed by atoms with van der Waals surface area (Å²) in [5.41, 5.74) is 1.48. The molecule has 0 aliphatic heterocycles. The van der Waals surface area contributed by atoms with E-state index >= 15 is 0 Å². The maximum Gasteiger partial charge on any atom is 0.152 e. The summed E-state index contributed by atoms with van der Waals surface area (Å²) in [6.45, 7) is 0. The highest BCUT2D eigenvalue weighted by atomic mass is 79.9. The Morgan fingerprint density at radius 2 is 2.29 bits per heavy atom. The molecule has 0 atom stereocenters. The number of carbonyl (C=O) groups is 1. The van der Waals surface area contributed by atoms with E-state index in [4.69, 9.17) is 0 Å². The summed E-state index contributed by atoms with van der Waals surface area (Å²) in [5, 5.41) is 0.875. The van der Waals surface area contributed by atoms with Gasteiger partial charge in [0.15, 0.2) is 6.29 Å². The van der Waals surface area contributed by atoms with E-state index in [1.807, 2.05) is 17.7 Å². The minimum atomic E-state index is 0. The molecule has 0 aliphatic carbocycles. The van der Waals surface area contributed by atoms with Crippen molar-refractivity contribution < 1.29 is 4.79 Å². The van der Waals surface area contributed by atoms with Crippen LogP contribution in [0.4, 0.5) is 0 Å². The topological polar surface area (TPSA) is 34.9 Å². The van der Waals surface area contributed by atoms with E-state index in [9.17, 15) is 4.79 Å². The average Bonchev–Trinajstić information content (AvgIpc) is 2.45. The maximum absolute atomic E-state index is 10.7. The summed E-state index contributed by atoms with van der Waals surface area (Å²) in [6.07, 6.45) is 4.32. The fraction of sp³-hybridized carbons (Fsp3) is 0.200. The molecule has 2 heterocycles. The summed E-state index contributed by atoms with van der Waals surface area (Å²) < 4.78 is 2.74. The lowest BCUT2D eigenvalue weighted by Crippen LogP contribution is -1.86. The lowest BCUT2D eigenvalue weighted by molar-refractivity contribution is 0.112. The van der Waals surface area contributed by atoms with Crippen LogP contribution in [-0.4, -0.2) is 15.8 Å². The number of aromatic nitrogens is 2. The van der Waals surface area contributed by atoms with Crippen molar-refractivity contribution in [1.82, 2.24) is 9.55 Å². The van der Waals surface area contributed by atoms with E-state index in [0.29, 0.717) is 5.56 Å². The SMILES string of the molecule is C.Cn1cc(C=O)c2c(Br)ccnc21. The molecule has 2 aromatic heterocycles. The summed E-state index contributed by atoms with van der Waals surface area (Å²) in [5.74, 6) is 0. The van der Waals surface area contributed by atoms with E-state index in [2.05, 4.69) is 20.9 Å². The Balaban J connectivity index is 0.000000980. The third kappa shape index (κ3) is 1.46. The van der Waals surface area contributed by atoms with Gasteiger partial charge in [0.2, 0.25) is 0 Å². The van der Waals surface area contributed by atoms with Gasteiger partial charge >= 0.3 is 0 Å². The second-order valence-corrected chi connectivity index (χ2v) is 3.66. The number of fused-ring (bicyclic) bond motifs is 1. The monoisotopic (exact) mass is 254 g/mol. The number of aryl methyl sites for hydroxylation is 1. The molecule has 0 radical (unpaired) electrons. The molecule has 0 saturated carbocycles. The van der Waals surface area contributed by atoms with E-state index < -0.39 is 0 Å². The quantitative estimate of drug-likeness (QED) is 0.734. The van der Waals surface area contributed by atoms with Crippen LogP contribution in [0, 0.1) is 0 Å². The van der Waals surface area contributed by atoms with Gasteiger partial charge in [0.25, 0.3) is 0 Å². The van der Waals surface area contributed by atoms with Gasteiger partial charge in [0, 0.05) is 34.9 Å². The van der Waals surface area contributed by atoms with Crippen molar-refractivity contribution in [1.29, 1.82) is 0 Å². The van der Waals surface area contributed by atoms with Crippen molar-refractivity contribution in [3.63, 3.8) is 0 Å². The van der Waals surface area contributed by atoms with Gasteiger partial charge in [0.1, 0.15) is 5.65 Å². The standard InChI is InChI=1S/C9H7BrN2O.CH4/c1-12-4-6(5-13)8-7(10)2-3-11-9(8)12;/h2-5H,1H3;1H4. The van der Waals surface area contributed by atoms with Crippen LogP contribution in [0.3, 0.4) is 0 Å². The first-order valence-electron chi connectivity index (χ1n) is 3.78. The van der Waals surface area contributed by atoms with Gasteiger partial charge in [-0.1, -0.05) is 7.43 Å². The van der Waals surface area contributed by atoms with E-state index in [0.717, 1.165) is 21.8 Å². The van der Waals surface area contributed by atoms with Gasteiger partial charge in [-0.3, -0.25) is 4.79 Å². The van der Waals surface area contributed by atoms with Gasteiger partial charge < -0.3 is 4.57 Å². The maximum atomic E-state index is 10.7. The predicted molar refractivity (Wildman–Crippen MR) is 60.5 cm³/mol. The number of hydrogen-bond donors (Lipinski definition) is 0. The zero-order valence-corrected chi connectivity index (χ0v) is 8.58. The number of pyridine rings is 1. The number of carbonyl (C=O) groups excluding carboxylic acids is 1. The van der Waals surface area contributed by atoms with Crippen molar-refractivity contribution in [2.45, 2.75) is 7.43 Å². The molecule has 4 heteroatoms. The summed E-state index contributed by atoms with van der Waals surface area (Å²) >= 11 is 3.39. The van der Waals surface area contributed by atoms with Gasteiger partial charge in [-0.05, 0) is 22.0 Å². The Hall–Kier alpha value is -1.16. The average molecular weight is 255 g/mol. The van der Waals surface area contributed by atoms with E-state index in [1.54, 1.807) is 12.4 Å². The molecule has 0 unspecified atom stereocenters. The molecule has 2 rings (SSSR count). The summed E-state index contributed by atoms with van der Waals surface area (Å²) in [7, 11) is 1.87. The second kappa shape index (κ2) is 3.92. The molecule has 0 aromatic carbocycles. The smallest absolute Gasteiger partial charge is 0.152 e. The van der Waals surface area contributed by atoms with Crippen molar-refractivity contribution in [3.8, 4) is 0 Å². The number of rotatable bonds is 1. The molecule has 74 valence electrons. The normalized spacial score (nSPS) is 9.86. The second-order valence-electron chi connectivity index (χ2n) is 2.80. The van der Waals surface area contributed by atoms with E-state index in [1.165, 1.54) is 0 Å². The molecule has 14 heavy (non-hydrogen) atoms. The van der Waals surface area contributed by atoms with Gasteiger partial charge in [0.05, 0.1) is 0 Å². The van der Waals surface area contributed by atoms with Crippen LogP contribution in [0.5, 0.6) is 0 Å². The Bertz CT molecular complexity index is 476. The third-order valence-electron chi connectivity index (χ3n) is 1.96. The minimum absolute atomic E-state index is 0. The number of aldehydes is 1. The molecule has 0 fully saturated rings. The van der Waals surface area contributed by atoms with E-state index in [-0.39, 0.29) is 7.43 Å². The molecular weight excluding hydrogens is 244 g/mol. The van der Waals surface area contributed by atoms with Gasteiger partial charge in [-0.2, -0.15) is 0 Å². The van der Waals surface area contributed by atoms with Crippen molar-refractivity contribution >= 4 is 33.2 Å². The molecule has 0 aliphatic rings. The Kier molecular flexibility index (Phi) is 3.06. The largest absolute Gasteiger partial charge is 0.335 e. The zero-order chi connectivity index (χ0) is 9.42. The molecule has 2 aromatic rings. The molecule has 3 nitrogen and oxygen atoms in total. The lowest BCUT2D eigenvalue weighted by atomic mass is 10.2. The Morgan fingerprint density at radius 3 is 2.93 bits per heavy atom. The number of halogens is 1. The number of hydrogen-bond acceptors (Lipinski definition) is 2. The summed E-state index contributed by atoms with van der Waals surface area (Å²) in [6, 6.07) is 1.83. The van der Waals surface area contributed by atoms with Crippen LogP contribution in [0.1, 0.15) is 17.8 Å². The molecule has 0 N–H and O–H groups in total. The molecule has 0 saturated heterocycles. The highest BCUT2D eigenvalue weighted by molar-refractivity contribution is 9.10. The van der Waals surface area contributed by atoms with Crippen molar-refractivity contribution in [2.75, 3.05) is 0 Å². The van der Waals surface area contributed by atoms with Crippen LogP contribution in [-0.2, 0) is 7.05 Å². The first kappa shape index (κ1) is 10.9. The van der Waals surface area contributed by atoms with Crippen LogP contribution < -0.4 is 0 Å². The third-order valence-corrected chi connectivity index (χ3v) is 2.62. The Morgan fingerprint density at radius 1 is 1.57 bits per heavy atom. The van der Waals surface area contributed by atoms with Crippen LogP contribution >= 0.6 is 15.9 Å². The Labute approximate surface area is 90.9 Å². The van der Waals surface area contributed by atoms with Gasteiger partial charge in [-0.15, -0.1) is 0 Å². The first-order chi connectivity index (χ1) is 6.24. The molecule has 0 bridgehead atoms. The molecule has 0 amide bonds. The highest BCUT2D eigenvalue weighted by Crippen LogP contribution is 2.25. The van der Waals surface area contributed by atoms with Crippen LogP contribution in [0.25, 0.3) is 11.0 Å².